The molecule has 0 saturated heterocycles. The van der Waals surface area contributed by atoms with Crippen molar-refractivity contribution < 1.29 is 4.79 Å². The van der Waals surface area contributed by atoms with Crippen LogP contribution in [0.1, 0.15) is 49.2 Å². The highest BCUT2D eigenvalue weighted by atomic mass is 32.1. The highest BCUT2D eigenvalue weighted by Gasteiger charge is 2.54. The van der Waals surface area contributed by atoms with Crippen molar-refractivity contribution in [2.45, 2.75) is 52.0 Å². The predicted octanol–water partition coefficient (Wildman–Crippen LogP) is 2.93. The zero-order chi connectivity index (χ0) is 15.6. The van der Waals surface area contributed by atoms with Crippen molar-refractivity contribution in [2.75, 3.05) is 0 Å². The second-order valence-electron chi connectivity index (χ2n) is 7.99. The normalized spacial score (nSPS) is 35.1. The number of amides is 1. The minimum atomic E-state index is -0.0667. The molecule has 2 aromatic heterocycles. The first-order valence-electron chi connectivity index (χ1n) is 8.70. The van der Waals surface area contributed by atoms with Gasteiger partial charge in [-0.1, -0.05) is 11.3 Å². The van der Waals surface area contributed by atoms with Gasteiger partial charge in [0.05, 0.1) is 18.4 Å². The van der Waals surface area contributed by atoms with Gasteiger partial charge in [-0.15, -0.1) is 0 Å². The molecule has 6 heteroatoms. The Morgan fingerprint density at radius 3 is 2.57 bits per heavy atom. The summed E-state index contributed by atoms with van der Waals surface area (Å²) in [6.07, 6.45) is 9.39. The van der Waals surface area contributed by atoms with Gasteiger partial charge < -0.3 is 5.32 Å². The number of aromatic nitrogens is 3. The number of fused-ring (bicyclic) bond motifs is 1. The van der Waals surface area contributed by atoms with E-state index in [9.17, 15) is 4.79 Å². The molecule has 122 valence electrons. The van der Waals surface area contributed by atoms with Crippen molar-refractivity contribution in [3.8, 4) is 0 Å². The lowest BCUT2D eigenvalue weighted by atomic mass is 9.49. The highest BCUT2D eigenvalue weighted by molar-refractivity contribution is 7.16. The third-order valence-electron chi connectivity index (χ3n) is 6.13. The maximum atomic E-state index is 12.9. The van der Waals surface area contributed by atoms with Gasteiger partial charge >= 0.3 is 0 Å². The number of imidazole rings is 1. The number of hydrogen-bond donors (Lipinski definition) is 1. The topological polar surface area (TPSA) is 59.3 Å². The van der Waals surface area contributed by atoms with Gasteiger partial charge in [-0.3, -0.25) is 4.79 Å². The lowest BCUT2D eigenvalue weighted by Crippen LogP contribution is -2.53. The second-order valence-corrected chi connectivity index (χ2v) is 9.03. The van der Waals surface area contributed by atoms with Gasteiger partial charge in [0.25, 0.3) is 0 Å². The third-order valence-corrected chi connectivity index (χ3v) is 7.05. The monoisotopic (exact) mass is 330 g/mol. The number of carbonyl (C=O) groups is 1. The SMILES string of the molecule is Cc1cn2nc(CNC(=O)C34CC5CC(CC(C5)C3)C4)sc2n1. The molecule has 0 radical (unpaired) electrons. The van der Waals surface area contributed by atoms with Crippen LogP contribution in [-0.4, -0.2) is 20.5 Å². The van der Waals surface area contributed by atoms with Gasteiger partial charge in [-0.2, -0.15) is 5.10 Å². The zero-order valence-corrected chi connectivity index (χ0v) is 14.2. The average molecular weight is 330 g/mol. The van der Waals surface area contributed by atoms with E-state index in [2.05, 4.69) is 15.4 Å². The smallest absolute Gasteiger partial charge is 0.226 e. The molecule has 4 bridgehead atoms. The molecule has 4 aliphatic carbocycles. The van der Waals surface area contributed by atoms with E-state index in [-0.39, 0.29) is 11.3 Å². The van der Waals surface area contributed by atoms with Crippen LogP contribution in [0.4, 0.5) is 0 Å². The molecule has 23 heavy (non-hydrogen) atoms. The summed E-state index contributed by atoms with van der Waals surface area (Å²) in [7, 11) is 0. The molecule has 6 rings (SSSR count). The molecule has 2 heterocycles. The lowest BCUT2D eigenvalue weighted by molar-refractivity contribution is -0.146. The molecule has 4 aliphatic rings. The Balaban J connectivity index is 1.30. The van der Waals surface area contributed by atoms with E-state index < -0.39 is 0 Å². The quantitative estimate of drug-likeness (QED) is 0.941. The van der Waals surface area contributed by atoms with Crippen LogP contribution < -0.4 is 5.32 Å². The standard InChI is InChI=1S/C17H22N4OS/c1-10-9-21-16(19-10)23-14(20-21)8-18-15(22)17-5-11-2-12(6-17)4-13(3-11)7-17/h9,11-13H,2-8H2,1H3,(H,18,22). The van der Waals surface area contributed by atoms with Crippen LogP contribution in [0.3, 0.4) is 0 Å². The summed E-state index contributed by atoms with van der Waals surface area (Å²) in [5.41, 5.74) is 0.913. The summed E-state index contributed by atoms with van der Waals surface area (Å²) in [4.78, 5) is 18.2. The van der Waals surface area contributed by atoms with Gasteiger partial charge in [-0.05, 0) is 63.2 Å². The summed E-state index contributed by atoms with van der Waals surface area (Å²) < 4.78 is 1.81. The largest absolute Gasteiger partial charge is 0.349 e. The van der Waals surface area contributed by atoms with Gasteiger partial charge in [0.15, 0.2) is 0 Å². The molecule has 5 nitrogen and oxygen atoms in total. The molecule has 4 saturated carbocycles. The third kappa shape index (κ3) is 2.22. The Kier molecular flexibility index (Phi) is 2.90. The minimum absolute atomic E-state index is 0.0667. The first-order valence-corrected chi connectivity index (χ1v) is 9.51. The zero-order valence-electron chi connectivity index (χ0n) is 13.4. The summed E-state index contributed by atoms with van der Waals surface area (Å²) >= 11 is 1.56. The molecule has 0 aliphatic heterocycles. The van der Waals surface area contributed by atoms with Gasteiger partial charge in [-0.25, -0.2) is 9.50 Å². The van der Waals surface area contributed by atoms with Crippen LogP contribution in [0.15, 0.2) is 6.20 Å². The maximum Gasteiger partial charge on any atom is 0.226 e. The summed E-state index contributed by atoms with van der Waals surface area (Å²) in [5.74, 6) is 2.69. The Labute approximate surface area is 139 Å². The van der Waals surface area contributed by atoms with Gasteiger partial charge in [0.1, 0.15) is 5.01 Å². The molecule has 1 N–H and O–H groups in total. The van der Waals surface area contributed by atoms with E-state index in [4.69, 9.17) is 0 Å². The molecule has 0 atom stereocenters. The van der Waals surface area contributed by atoms with Crippen molar-refractivity contribution in [1.82, 2.24) is 19.9 Å². The van der Waals surface area contributed by atoms with Crippen molar-refractivity contribution in [3.63, 3.8) is 0 Å². The average Bonchev–Trinajstić information content (AvgIpc) is 3.00. The number of nitrogens with one attached hydrogen (secondary N) is 1. The molecule has 0 unspecified atom stereocenters. The highest BCUT2D eigenvalue weighted by Crippen LogP contribution is 2.60. The van der Waals surface area contributed by atoms with Crippen LogP contribution in [-0.2, 0) is 11.3 Å². The summed E-state index contributed by atoms with van der Waals surface area (Å²) in [6.45, 7) is 2.50. The first-order chi connectivity index (χ1) is 11.1. The van der Waals surface area contributed by atoms with Crippen LogP contribution in [0, 0.1) is 30.1 Å². The number of hydrogen-bond acceptors (Lipinski definition) is 4. The van der Waals surface area contributed by atoms with E-state index in [0.717, 1.165) is 52.7 Å². The molecule has 4 fully saturated rings. The van der Waals surface area contributed by atoms with Crippen molar-refractivity contribution >= 4 is 22.2 Å². The Morgan fingerprint density at radius 2 is 1.96 bits per heavy atom. The van der Waals surface area contributed by atoms with Crippen LogP contribution in [0.2, 0.25) is 0 Å². The fourth-order valence-corrected chi connectivity index (χ4v) is 6.51. The van der Waals surface area contributed by atoms with E-state index in [1.807, 2.05) is 17.6 Å². The minimum Gasteiger partial charge on any atom is -0.349 e. The van der Waals surface area contributed by atoms with Crippen molar-refractivity contribution in [3.05, 3.63) is 16.9 Å². The van der Waals surface area contributed by atoms with Crippen molar-refractivity contribution in [2.24, 2.45) is 23.2 Å². The van der Waals surface area contributed by atoms with Crippen molar-refractivity contribution in [1.29, 1.82) is 0 Å². The number of nitrogens with zero attached hydrogens (tertiary/aromatic N) is 3. The molecule has 0 aromatic carbocycles. The fraction of sp³-hybridized carbons (Fsp3) is 0.706. The van der Waals surface area contributed by atoms with Gasteiger partial charge in [0.2, 0.25) is 10.9 Å². The molecule has 2 aromatic rings. The Morgan fingerprint density at radius 1 is 1.30 bits per heavy atom. The van der Waals surface area contributed by atoms with Crippen LogP contribution in [0.5, 0.6) is 0 Å². The number of rotatable bonds is 3. The van der Waals surface area contributed by atoms with E-state index in [1.54, 1.807) is 11.3 Å². The second kappa shape index (κ2) is 4.79. The van der Waals surface area contributed by atoms with Crippen LogP contribution in [0.25, 0.3) is 4.96 Å². The number of aryl methyl sites for hydroxylation is 1. The van der Waals surface area contributed by atoms with Gasteiger partial charge in [0, 0.05) is 5.41 Å². The number of carbonyl (C=O) groups excluding carboxylic acids is 1. The van der Waals surface area contributed by atoms with E-state index in [1.165, 1.54) is 19.3 Å². The molecular weight excluding hydrogens is 308 g/mol. The summed E-state index contributed by atoms with van der Waals surface area (Å²) in [5, 5.41) is 8.63. The predicted molar refractivity (Wildman–Crippen MR) is 88.1 cm³/mol. The van der Waals surface area contributed by atoms with Crippen LogP contribution >= 0.6 is 11.3 Å². The molecule has 0 spiro atoms. The maximum absolute atomic E-state index is 12.9. The summed E-state index contributed by atoms with van der Waals surface area (Å²) in [6, 6.07) is 0. The lowest BCUT2D eigenvalue weighted by Gasteiger charge is -2.55. The Hall–Kier alpha value is -1.43. The fourth-order valence-electron chi connectivity index (χ4n) is 5.65. The molecular formula is C17H22N4OS. The van der Waals surface area contributed by atoms with E-state index >= 15 is 0 Å². The molecule has 1 amide bonds. The van der Waals surface area contributed by atoms with E-state index in [0.29, 0.717) is 6.54 Å². The Bertz CT molecular complexity index is 710. The first kappa shape index (κ1) is 14.0.